The van der Waals surface area contributed by atoms with Gasteiger partial charge in [0.15, 0.2) is 0 Å². The van der Waals surface area contributed by atoms with E-state index in [0.717, 1.165) is 4.90 Å². The fourth-order valence-corrected chi connectivity index (χ4v) is 8.93. The minimum Gasteiger partial charge on any atom is -0.508 e. The molecule has 1 aliphatic rings. The molecule has 28 heteroatoms. The van der Waals surface area contributed by atoms with Crippen LogP contribution in [0.4, 0.5) is 0 Å². The zero-order valence-corrected chi connectivity index (χ0v) is 46.7. The Morgan fingerprint density at radius 1 is 0.530 bits per heavy atom. The first-order chi connectivity index (χ1) is 39.1. The molecule has 0 saturated carbocycles. The summed E-state index contributed by atoms with van der Waals surface area (Å²) in [6, 6.07) is 0.314. The first kappa shape index (κ1) is 68.6. The van der Waals surface area contributed by atoms with Crippen LogP contribution in [0.25, 0.3) is 0 Å². The fourth-order valence-electron chi connectivity index (χ4n) is 8.93. The summed E-state index contributed by atoms with van der Waals surface area (Å²) in [4.78, 5) is 172. The third-order valence-electron chi connectivity index (χ3n) is 13.7. The van der Waals surface area contributed by atoms with E-state index in [1.807, 2.05) is 0 Å². The summed E-state index contributed by atoms with van der Waals surface area (Å²) < 4.78 is 0. The number of amides is 8. The van der Waals surface area contributed by atoms with Crippen molar-refractivity contribution in [2.75, 3.05) is 6.54 Å². The van der Waals surface area contributed by atoms with E-state index in [1.54, 1.807) is 58.0 Å². The van der Waals surface area contributed by atoms with E-state index < -0.39 is 189 Å². The standard InChI is InChI=1S/C55H77N9O19/c1-5-30(4)46(63-51(78)38(20-24-45(72)73)59-48(75)35(17-21-42(66)67)57-47(74)34(56)27-31-10-7-6-8-11-31)54(81)64-25-9-12-41(64)53(80)60-37(19-23-44(70)71)49(76)58-36(18-22-43(68)69)50(77)61-39(28-32-13-15-33(65)16-14-32)52(79)62-40(55(82)83)26-29(2)3/h6-8,10-11,13-16,29-30,34-41,46,65H,5,9,12,17-28,56H2,1-4H3,(H,57,74)(H,58,76)(H,59,75)(H,60,80)(H,61,77)(H,62,79)(H,63,78)(H,66,67)(H,68,69)(H,70,71)(H,72,73)(H,82,83)/t30-,34-,35-,36-,37-,38-,39-,40-,41-,46-/m0/s1. The van der Waals surface area contributed by atoms with E-state index in [-0.39, 0.29) is 56.7 Å². The molecule has 456 valence electrons. The van der Waals surface area contributed by atoms with E-state index in [9.17, 15) is 93.0 Å². The van der Waals surface area contributed by atoms with Crippen LogP contribution in [0, 0.1) is 11.8 Å². The van der Waals surface area contributed by atoms with E-state index in [2.05, 4.69) is 37.2 Å². The van der Waals surface area contributed by atoms with Gasteiger partial charge in [0.05, 0.1) is 6.04 Å². The smallest absolute Gasteiger partial charge is 0.326 e. The van der Waals surface area contributed by atoms with E-state index in [0.29, 0.717) is 11.1 Å². The normalized spacial score (nSPS) is 16.2. The van der Waals surface area contributed by atoms with Gasteiger partial charge in [-0.25, -0.2) is 4.79 Å². The van der Waals surface area contributed by atoms with Gasteiger partial charge < -0.3 is 78.5 Å². The third kappa shape index (κ3) is 23.7. The van der Waals surface area contributed by atoms with Crippen LogP contribution in [0.5, 0.6) is 5.75 Å². The van der Waals surface area contributed by atoms with Crippen LogP contribution in [-0.2, 0) is 75.2 Å². The molecule has 0 aromatic heterocycles. The number of likely N-dealkylation sites (tertiary alicyclic amines) is 1. The highest BCUT2D eigenvalue weighted by atomic mass is 16.4. The summed E-state index contributed by atoms with van der Waals surface area (Å²) in [6.45, 7) is 6.61. The monoisotopic (exact) mass is 1170 g/mol. The summed E-state index contributed by atoms with van der Waals surface area (Å²) in [5.74, 6) is -16.0. The number of carboxylic acid groups (broad SMARTS) is 5. The Hall–Kier alpha value is -8.69. The van der Waals surface area contributed by atoms with Crippen LogP contribution in [0.3, 0.4) is 0 Å². The highest BCUT2D eigenvalue weighted by molar-refractivity contribution is 5.99. The Kier molecular flexibility index (Phi) is 28.0. The molecule has 8 amide bonds. The number of nitrogens with one attached hydrogen (secondary N) is 7. The maximum atomic E-state index is 14.6. The zero-order valence-electron chi connectivity index (χ0n) is 46.7. The van der Waals surface area contributed by atoms with Gasteiger partial charge >= 0.3 is 29.8 Å². The molecule has 0 unspecified atom stereocenters. The molecule has 0 aliphatic carbocycles. The second-order valence-electron chi connectivity index (χ2n) is 20.8. The fraction of sp³-hybridized carbons (Fsp3) is 0.545. The number of phenolic OH excluding ortho intramolecular Hbond substituents is 1. The van der Waals surface area contributed by atoms with Crippen molar-refractivity contribution in [3.63, 3.8) is 0 Å². The molecule has 1 heterocycles. The average Bonchev–Trinajstić information content (AvgIpc) is 3.95. The van der Waals surface area contributed by atoms with Crippen LogP contribution in [0.1, 0.15) is 116 Å². The van der Waals surface area contributed by atoms with Crippen LogP contribution >= 0.6 is 0 Å². The maximum absolute atomic E-state index is 14.6. The molecule has 1 aliphatic heterocycles. The van der Waals surface area contributed by atoms with Gasteiger partial charge in [0, 0.05) is 38.6 Å². The number of benzene rings is 2. The Bertz CT molecular complexity index is 2620. The number of hydrogen-bond acceptors (Lipinski definition) is 15. The number of rotatable bonds is 36. The van der Waals surface area contributed by atoms with Crippen molar-refractivity contribution in [2.24, 2.45) is 17.6 Å². The Morgan fingerprint density at radius 3 is 1.39 bits per heavy atom. The van der Waals surface area contributed by atoms with Crippen molar-refractivity contribution in [3.8, 4) is 5.75 Å². The number of carbonyl (C=O) groups excluding carboxylic acids is 8. The zero-order chi connectivity index (χ0) is 62.1. The molecule has 2 aromatic rings. The lowest BCUT2D eigenvalue weighted by Gasteiger charge is -2.33. The van der Waals surface area contributed by atoms with Gasteiger partial charge in [0.2, 0.25) is 47.3 Å². The molecule has 2 aromatic carbocycles. The number of nitrogens with zero attached hydrogens (tertiary/aromatic N) is 1. The molecule has 1 saturated heterocycles. The number of phenols is 1. The number of carbonyl (C=O) groups is 13. The van der Waals surface area contributed by atoms with Gasteiger partial charge in [-0.2, -0.15) is 0 Å². The molecular formula is C55H77N9O19. The van der Waals surface area contributed by atoms with Gasteiger partial charge in [-0.1, -0.05) is 76.6 Å². The Labute approximate surface area is 478 Å². The molecule has 28 nitrogen and oxygen atoms in total. The van der Waals surface area contributed by atoms with Crippen molar-refractivity contribution in [3.05, 3.63) is 65.7 Å². The Balaban J connectivity index is 1.90. The molecule has 0 radical (unpaired) electrons. The number of hydrogen-bond donors (Lipinski definition) is 14. The van der Waals surface area contributed by atoms with Gasteiger partial charge in [0.25, 0.3) is 0 Å². The number of aromatic hydroxyl groups is 1. The van der Waals surface area contributed by atoms with E-state index in [4.69, 9.17) is 5.73 Å². The van der Waals surface area contributed by atoms with Crippen molar-refractivity contribution >= 4 is 77.1 Å². The van der Waals surface area contributed by atoms with E-state index in [1.165, 1.54) is 24.3 Å². The number of carboxylic acids is 5. The molecule has 83 heavy (non-hydrogen) atoms. The van der Waals surface area contributed by atoms with E-state index >= 15 is 0 Å². The van der Waals surface area contributed by atoms with Crippen molar-refractivity contribution in [2.45, 2.75) is 172 Å². The highest BCUT2D eigenvalue weighted by Gasteiger charge is 2.42. The minimum absolute atomic E-state index is 0.00126. The van der Waals surface area contributed by atoms with Crippen LogP contribution in [0.15, 0.2) is 54.6 Å². The summed E-state index contributed by atoms with van der Waals surface area (Å²) in [5, 5.41) is 74.9. The average molecular weight is 1170 g/mol. The van der Waals surface area contributed by atoms with Crippen molar-refractivity contribution < 1.29 is 93.0 Å². The van der Waals surface area contributed by atoms with Gasteiger partial charge in [-0.3, -0.25) is 57.5 Å². The molecule has 0 spiro atoms. The topological polar surface area (TPSA) is 457 Å². The number of aliphatic carboxylic acids is 5. The first-order valence-corrected chi connectivity index (χ1v) is 27.2. The van der Waals surface area contributed by atoms with Crippen LogP contribution in [-0.4, -0.2) is 174 Å². The maximum Gasteiger partial charge on any atom is 0.326 e. The summed E-state index contributed by atoms with van der Waals surface area (Å²) >= 11 is 0. The molecule has 0 bridgehead atoms. The predicted octanol–water partition coefficient (Wildman–Crippen LogP) is -0.475. The summed E-state index contributed by atoms with van der Waals surface area (Å²) in [7, 11) is 0. The minimum atomic E-state index is -1.77. The Morgan fingerprint density at radius 2 is 0.940 bits per heavy atom. The van der Waals surface area contributed by atoms with Gasteiger partial charge in [-0.05, 0) is 86.5 Å². The van der Waals surface area contributed by atoms with Gasteiger partial charge in [0.1, 0.15) is 54.1 Å². The molecule has 1 fully saturated rings. The lowest BCUT2D eigenvalue weighted by molar-refractivity contribution is -0.144. The molecule has 10 atom stereocenters. The van der Waals surface area contributed by atoms with Crippen molar-refractivity contribution in [1.29, 1.82) is 0 Å². The lowest BCUT2D eigenvalue weighted by Crippen LogP contribution is -2.61. The van der Waals surface area contributed by atoms with Crippen LogP contribution in [0.2, 0.25) is 0 Å². The largest absolute Gasteiger partial charge is 0.508 e. The number of nitrogens with two attached hydrogens (primary N) is 1. The molecule has 3 rings (SSSR count). The first-order valence-electron chi connectivity index (χ1n) is 27.2. The summed E-state index contributed by atoms with van der Waals surface area (Å²) in [6.07, 6.45) is -4.81. The second-order valence-corrected chi connectivity index (χ2v) is 20.8. The predicted molar refractivity (Wildman–Crippen MR) is 292 cm³/mol. The third-order valence-corrected chi connectivity index (χ3v) is 13.7. The van der Waals surface area contributed by atoms with Crippen LogP contribution < -0.4 is 43.0 Å². The molecular weight excluding hydrogens is 1090 g/mol. The quantitative estimate of drug-likeness (QED) is 0.0410. The lowest BCUT2D eigenvalue weighted by atomic mass is 9.96. The summed E-state index contributed by atoms with van der Waals surface area (Å²) in [5.41, 5.74) is 7.18. The molecule has 15 N–H and O–H groups in total. The SMILES string of the molecule is CC[C@H](C)[C@H](NC(=O)[C@H](CCC(=O)O)NC(=O)[C@H](CCC(=O)O)NC(=O)[C@@H](N)Cc1ccccc1)C(=O)N1CCC[C@H]1C(=O)N[C@@H](CCC(=O)O)C(=O)N[C@@H](CCC(=O)O)C(=O)N[C@@H](Cc1ccc(O)cc1)C(=O)N[C@@H](CC(C)C)C(=O)O. The van der Waals surface area contributed by atoms with Gasteiger partial charge in [-0.15, -0.1) is 0 Å². The highest BCUT2D eigenvalue weighted by Crippen LogP contribution is 2.23. The second kappa shape index (κ2) is 33.9. The van der Waals surface area contributed by atoms with Crippen molar-refractivity contribution in [1.82, 2.24) is 42.1 Å².